The van der Waals surface area contributed by atoms with Crippen molar-refractivity contribution in [2.45, 2.75) is 33.0 Å². The summed E-state index contributed by atoms with van der Waals surface area (Å²) in [4.78, 5) is 19.7. The Labute approximate surface area is 163 Å². The Balaban J connectivity index is 1.61. The highest BCUT2D eigenvalue weighted by atomic mass is 16.5. The van der Waals surface area contributed by atoms with Gasteiger partial charge in [0.2, 0.25) is 5.89 Å². The molecule has 0 saturated heterocycles. The van der Waals surface area contributed by atoms with Gasteiger partial charge in [-0.3, -0.25) is 4.98 Å². The lowest BCUT2D eigenvalue weighted by Crippen LogP contribution is -2.26. The molecule has 0 spiro atoms. The van der Waals surface area contributed by atoms with Crippen LogP contribution in [0.1, 0.15) is 23.9 Å². The molecule has 2 aromatic heterocycles. The number of carboxylic acid groups (broad SMARTS) is 1. The first kappa shape index (κ1) is 19.6. The minimum atomic E-state index is -0.964. The SMILES string of the molecule is CCO[C@@H](Cc1ccc(OCc2nc(-c3ccncc3)oc2C)cc1)C(=O)O. The van der Waals surface area contributed by atoms with Gasteiger partial charge in [0, 0.05) is 31.0 Å². The summed E-state index contributed by atoms with van der Waals surface area (Å²) in [6.07, 6.45) is 2.84. The molecule has 0 aliphatic carbocycles. The lowest BCUT2D eigenvalue weighted by Gasteiger charge is -2.12. The first-order chi connectivity index (χ1) is 13.6. The van der Waals surface area contributed by atoms with E-state index in [4.69, 9.17) is 13.9 Å². The van der Waals surface area contributed by atoms with Crippen LogP contribution in [-0.2, 0) is 22.6 Å². The molecule has 0 bridgehead atoms. The summed E-state index contributed by atoms with van der Waals surface area (Å²) in [5, 5.41) is 9.17. The van der Waals surface area contributed by atoms with Gasteiger partial charge >= 0.3 is 5.97 Å². The van der Waals surface area contributed by atoms with Gasteiger partial charge in [-0.25, -0.2) is 9.78 Å². The Bertz CT molecular complexity index is 906. The summed E-state index contributed by atoms with van der Waals surface area (Å²) in [7, 11) is 0. The van der Waals surface area contributed by atoms with Crippen LogP contribution < -0.4 is 4.74 Å². The van der Waals surface area contributed by atoms with Crippen molar-refractivity contribution >= 4 is 5.97 Å². The Morgan fingerprint density at radius 2 is 1.89 bits per heavy atom. The standard InChI is InChI=1S/C21H22N2O5/c1-3-26-19(21(24)25)12-15-4-6-17(7-5-15)27-13-18-14(2)28-20(23-18)16-8-10-22-11-9-16/h4-11,19H,3,12-13H2,1-2H3,(H,24,25)/t19-/m0/s1. The van der Waals surface area contributed by atoms with Crippen LogP contribution in [0.2, 0.25) is 0 Å². The quantitative estimate of drug-likeness (QED) is 0.603. The monoisotopic (exact) mass is 382 g/mol. The average Bonchev–Trinajstić information content (AvgIpc) is 3.08. The molecule has 0 fully saturated rings. The van der Waals surface area contributed by atoms with Crippen LogP contribution in [0.5, 0.6) is 5.75 Å². The van der Waals surface area contributed by atoms with Crippen LogP contribution in [0.25, 0.3) is 11.5 Å². The molecule has 0 aliphatic heterocycles. The molecule has 7 nitrogen and oxygen atoms in total. The number of aliphatic carboxylic acids is 1. The molecule has 1 atom stereocenters. The predicted octanol–water partition coefficient (Wildman–Crippen LogP) is 3.66. The lowest BCUT2D eigenvalue weighted by molar-refractivity contribution is -0.149. The molecule has 146 valence electrons. The van der Waals surface area contributed by atoms with Gasteiger partial charge in [0.05, 0.1) is 0 Å². The highest BCUT2D eigenvalue weighted by Gasteiger charge is 2.18. The van der Waals surface area contributed by atoms with Gasteiger partial charge < -0.3 is 19.0 Å². The Morgan fingerprint density at radius 1 is 1.18 bits per heavy atom. The third-order valence-electron chi connectivity index (χ3n) is 4.18. The first-order valence-electron chi connectivity index (χ1n) is 8.99. The second-order valence-electron chi connectivity index (χ2n) is 6.18. The second kappa shape index (κ2) is 9.14. The largest absolute Gasteiger partial charge is 0.487 e. The van der Waals surface area contributed by atoms with Gasteiger partial charge in [0.15, 0.2) is 6.10 Å². The molecule has 0 unspecified atom stereocenters. The second-order valence-corrected chi connectivity index (χ2v) is 6.18. The number of aryl methyl sites for hydroxylation is 1. The average molecular weight is 382 g/mol. The van der Waals surface area contributed by atoms with Crippen LogP contribution in [0.15, 0.2) is 53.2 Å². The molecule has 0 amide bonds. The van der Waals surface area contributed by atoms with Crippen LogP contribution in [0.3, 0.4) is 0 Å². The summed E-state index contributed by atoms with van der Waals surface area (Å²) < 4.78 is 16.7. The van der Waals surface area contributed by atoms with Gasteiger partial charge in [0.1, 0.15) is 23.8 Å². The number of rotatable bonds is 9. The third kappa shape index (κ3) is 4.95. The molecule has 1 aromatic carbocycles. The number of nitrogens with zero attached hydrogens (tertiary/aromatic N) is 2. The molecule has 7 heteroatoms. The Morgan fingerprint density at radius 3 is 2.54 bits per heavy atom. The zero-order chi connectivity index (χ0) is 19.9. The molecule has 2 heterocycles. The summed E-state index contributed by atoms with van der Waals surface area (Å²) in [6, 6.07) is 11.0. The number of ether oxygens (including phenoxy) is 2. The van der Waals surface area contributed by atoms with Crippen LogP contribution in [0.4, 0.5) is 0 Å². The van der Waals surface area contributed by atoms with Crippen LogP contribution >= 0.6 is 0 Å². The van der Waals surface area contributed by atoms with Crippen molar-refractivity contribution in [3.05, 3.63) is 65.8 Å². The van der Waals surface area contributed by atoms with Crippen molar-refractivity contribution in [3.8, 4) is 17.2 Å². The van der Waals surface area contributed by atoms with E-state index in [9.17, 15) is 9.90 Å². The van der Waals surface area contributed by atoms with E-state index in [1.165, 1.54) is 0 Å². The first-order valence-corrected chi connectivity index (χ1v) is 8.99. The smallest absolute Gasteiger partial charge is 0.333 e. The number of aromatic nitrogens is 2. The van der Waals surface area contributed by atoms with Crippen molar-refractivity contribution in [1.29, 1.82) is 0 Å². The van der Waals surface area contributed by atoms with E-state index in [1.54, 1.807) is 31.5 Å². The molecule has 28 heavy (non-hydrogen) atoms. The van der Waals surface area contributed by atoms with Crippen molar-refractivity contribution in [2.24, 2.45) is 0 Å². The molecular weight excluding hydrogens is 360 g/mol. The minimum Gasteiger partial charge on any atom is -0.487 e. The maximum absolute atomic E-state index is 11.2. The van der Waals surface area contributed by atoms with Crippen molar-refractivity contribution in [2.75, 3.05) is 6.61 Å². The maximum atomic E-state index is 11.2. The van der Waals surface area contributed by atoms with Gasteiger partial charge in [0.25, 0.3) is 0 Å². The normalized spacial score (nSPS) is 11.9. The highest BCUT2D eigenvalue weighted by molar-refractivity contribution is 5.72. The fraction of sp³-hybridized carbons (Fsp3) is 0.286. The van der Waals surface area contributed by atoms with Crippen molar-refractivity contribution in [1.82, 2.24) is 9.97 Å². The van der Waals surface area contributed by atoms with Crippen molar-refractivity contribution < 1.29 is 23.8 Å². The third-order valence-corrected chi connectivity index (χ3v) is 4.18. The number of oxazole rings is 1. The van der Waals surface area contributed by atoms with Crippen molar-refractivity contribution in [3.63, 3.8) is 0 Å². The highest BCUT2D eigenvalue weighted by Crippen LogP contribution is 2.22. The molecule has 0 radical (unpaired) electrons. The fourth-order valence-corrected chi connectivity index (χ4v) is 2.69. The minimum absolute atomic E-state index is 0.274. The van der Waals surface area contributed by atoms with E-state index in [1.807, 2.05) is 31.2 Å². The number of hydrogen-bond acceptors (Lipinski definition) is 6. The number of carbonyl (C=O) groups is 1. The Hall–Kier alpha value is -3.19. The van der Waals surface area contributed by atoms with E-state index < -0.39 is 12.1 Å². The maximum Gasteiger partial charge on any atom is 0.333 e. The predicted molar refractivity (Wildman–Crippen MR) is 102 cm³/mol. The summed E-state index contributed by atoms with van der Waals surface area (Å²) >= 11 is 0. The van der Waals surface area contributed by atoms with Gasteiger partial charge in [-0.1, -0.05) is 12.1 Å². The molecule has 1 N–H and O–H groups in total. The van der Waals surface area contributed by atoms with E-state index in [2.05, 4.69) is 9.97 Å². The zero-order valence-corrected chi connectivity index (χ0v) is 15.8. The number of carboxylic acids is 1. The lowest BCUT2D eigenvalue weighted by atomic mass is 10.1. The number of hydrogen-bond donors (Lipinski definition) is 1. The molecule has 0 aliphatic rings. The summed E-state index contributed by atoms with van der Waals surface area (Å²) in [5.41, 5.74) is 2.44. The van der Waals surface area contributed by atoms with Gasteiger partial charge in [-0.15, -0.1) is 0 Å². The van der Waals surface area contributed by atoms with Gasteiger partial charge in [-0.2, -0.15) is 0 Å². The van der Waals surface area contributed by atoms with E-state index in [-0.39, 0.29) is 6.61 Å². The zero-order valence-electron chi connectivity index (χ0n) is 15.8. The topological polar surface area (TPSA) is 94.7 Å². The van der Waals surface area contributed by atoms with E-state index in [0.29, 0.717) is 30.4 Å². The molecule has 3 aromatic rings. The van der Waals surface area contributed by atoms with E-state index >= 15 is 0 Å². The number of benzene rings is 1. The van der Waals surface area contributed by atoms with Crippen LogP contribution in [-0.4, -0.2) is 33.8 Å². The summed E-state index contributed by atoms with van der Waals surface area (Å²) in [6.45, 7) is 4.26. The molecule has 0 saturated carbocycles. The molecular formula is C21H22N2O5. The molecule has 3 rings (SSSR count). The van der Waals surface area contributed by atoms with Crippen LogP contribution in [0, 0.1) is 6.92 Å². The Kier molecular flexibility index (Phi) is 6.39. The summed E-state index contributed by atoms with van der Waals surface area (Å²) in [5.74, 6) is 0.933. The fourth-order valence-electron chi connectivity index (χ4n) is 2.69. The van der Waals surface area contributed by atoms with Gasteiger partial charge in [-0.05, 0) is 43.7 Å². The number of pyridine rings is 1. The van der Waals surface area contributed by atoms with E-state index in [0.717, 1.165) is 16.8 Å².